The van der Waals surface area contributed by atoms with Crippen LogP contribution in [-0.4, -0.2) is 68.7 Å². The quantitative estimate of drug-likeness (QED) is 0.464. The smallest absolute Gasteiger partial charge is 0.193 e. The standard InChI is InChI=1S/C23H36N4O/c1-19(2)22-6-4-21(5-7-22)18-26-12-14-27(15-13-26)23(24-3)25-11-8-20-9-16-28-17-10-20/h4-7,9,19H,8,10-18H2,1-3H3,(H,24,25). The molecule has 0 atom stereocenters. The van der Waals surface area contributed by atoms with Crippen molar-refractivity contribution in [2.24, 2.45) is 4.99 Å². The Morgan fingerprint density at radius 2 is 1.89 bits per heavy atom. The van der Waals surface area contributed by atoms with Crippen molar-refractivity contribution in [2.75, 3.05) is 53.0 Å². The van der Waals surface area contributed by atoms with Crippen LogP contribution in [0.2, 0.25) is 0 Å². The maximum Gasteiger partial charge on any atom is 0.193 e. The van der Waals surface area contributed by atoms with Crippen molar-refractivity contribution in [3.05, 3.63) is 47.0 Å². The number of aliphatic imine (C=N–C) groups is 1. The Kier molecular flexibility index (Phi) is 7.92. The summed E-state index contributed by atoms with van der Waals surface area (Å²) in [5, 5.41) is 3.54. The predicted molar refractivity (Wildman–Crippen MR) is 117 cm³/mol. The molecule has 0 aromatic heterocycles. The van der Waals surface area contributed by atoms with Gasteiger partial charge in [0.05, 0.1) is 13.2 Å². The first kappa shape index (κ1) is 20.9. The Morgan fingerprint density at radius 1 is 1.14 bits per heavy atom. The third-order valence-electron chi connectivity index (χ3n) is 5.72. The highest BCUT2D eigenvalue weighted by molar-refractivity contribution is 5.80. The maximum atomic E-state index is 5.38. The number of nitrogens with zero attached hydrogens (tertiary/aromatic N) is 3. The lowest BCUT2D eigenvalue weighted by molar-refractivity contribution is 0.153. The Morgan fingerprint density at radius 3 is 2.50 bits per heavy atom. The predicted octanol–water partition coefficient (Wildman–Crippen LogP) is 3.24. The van der Waals surface area contributed by atoms with E-state index in [-0.39, 0.29) is 0 Å². The van der Waals surface area contributed by atoms with E-state index in [1.54, 1.807) is 0 Å². The molecule has 3 rings (SSSR count). The SMILES string of the molecule is CN=C(NCCC1=CCOCC1)N1CCN(Cc2ccc(C(C)C)cc2)CC1. The minimum absolute atomic E-state index is 0.597. The van der Waals surface area contributed by atoms with Crippen LogP contribution in [0.1, 0.15) is 43.7 Å². The Labute approximate surface area is 170 Å². The van der Waals surface area contributed by atoms with E-state index in [2.05, 4.69) is 64.3 Å². The number of nitrogens with one attached hydrogen (secondary N) is 1. The zero-order chi connectivity index (χ0) is 19.8. The van der Waals surface area contributed by atoms with Gasteiger partial charge in [-0.2, -0.15) is 0 Å². The molecule has 0 saturated carbocycles. The average Bonchev–Trinajstić information content (AvgIpc) is 2.73. The molecule has 0 aliphatic carbocycles. The molecular weight excluding hydrogens is 348 g/mol. The summed E-state index contributed by atoms with van der Waals surface area (Å²) >= 11 is 0. The van der Waals surface area contributed by atoms with E-state index in [0.29, 0.717) is 5.92 Å². The molecule has 2 heterocycles. The summed E-state index contributed by atoms with van der Waals surface area (Å²) in [5.74, 6) is 1.63. The van der Waals surface area contributed by atoms with Crippen LogP contribution < -0.4 is 5.32 Å². The van der Waals surface area contributed by atoms with E-state index < -0.39 is 0 Å². The first-order valence-corrected chi connectivity index (χ1v) is 10.7. The minimum atomic E-state index is 0.597. The number of benzene rings is 1. The van der Waals surface area contributed by atoms with E-state index in [0.717, 1.165) is 71.3 Å². The van der Waals surface area contributed by atoms with Crippen LogP contribution in [0.5, 0.6) is 0 Å². The number of hydrogen-bond acceptors (Lipinski definition) is 3. The molecule has 1 aromatic carbocycles. The van der Waals surface area contributed by atoms with Crippen molar-refractivity contribution >= 4 is 5.96 Å². The average molecular weight is 385 g/mol. The second-order valence-electron chi connectivity index (χ2n) is 8.07. The molecule has 0 radical (unpaired) electrons. The van der Waals surface area contributed by atoms with Crippen molar-refractivity contribution in [3.8, 4) is 0 Å². The molecule has 0 unspecified atom stereocenters. The van der Waals surface area contributed by atoms with Gasteiger partial charge in [0.25, 0.3) is 0 Å². The summed E-state index contributed by atoms with van der Waals surface area (Å²) in [5.41, 5.74) is 4.33. The fourth-order valence-corrected chi connectivity index (χ4v) is 3.84. The number of guanidine groups is 1. The van der Waals surface area contributed by atoms with Crippen LogP contribution in [0.25, 0.3) is 0 Å². The van der Waals surface area contributed by atoms with Gasteiger partial charge in [-0.1, -0.05) is 49.8 Å². The highest BCUT2D eigenvalue weighted by Gasteiger charge is 2.19. The molecule has 2 aliphatic heterocycles. The summed E-state index contributed by atoms with van der Waals surface area (Å²) in [6.07, 6.45) is 4.37. The third-order valence-corrected chi connectivity index (χ3v) is 5.72. The number of piperazine rings is 1. The van der Waals surface area contributed by atoms with E-state index in [4.69, 9.17) is 4.74 Å². The van der Waals surface area contributed by atoms with Gasteiger partial charge in [0.2, 0.25) is 0 Å². The van der Waals surface area contributed by atoms with E-state index >= 15 is 0 Å². The zero-order valence-corrected chi connectivity index (χ0v) is 17.8. The molecular formula is C23H36N4O. The molecule has 0 amide bonds. The van der Waals surface area contributed by atoms with Crippen molar-refractivity contribution in [1.82, 2.24) is 15.1 Å². The van der Waals surface area contributed by atoms with Gasteiger partial charge in [-0.25, -0.2) is 0 Å². The fraction of sp³-hybridized carbons (Fsp3) is 0.609. The molecule has 28 heavy (non-hydrogen) atoms. The second kappa shape index (κ2) is 10.6. The van der Waals surface area contributed by atoms with Crippen LogP contribution in [0.3, 0.4) is 0 Å². The van der Waals surface area contributed by atoms with Crippen LogP contribution >= 0.6 is 0 Å². The summed E-state index contributed by atoms with van der Waals surface area (Å²) < 4.78 is 5.38. The van der Waals surface area contributed by atoms with Crippen LogP contribution in [0, 0.1) is 0 Å². The van der Waals surface area contributed by atoms with Gasteiger partial charge in [-0.05, 0) is 29.9 Å². The van der Waals surface area contributed by atoms with E-state index in [9.17, 15) is 0 Å². The number of ether oxygens (including phenoxy) is 1. The summed E-state index contributed by atoms with van der Waals surface area (Å²) in [6, 6.07) is 9.12. The van der Waals surface area contributed by atoms with E-state index in [1.807, 2.05) is 7.05 Å². The van der Waals surface area contributed by atoms with Crippen molar-refractivity contribution in [1.29, 1.82) is 0 Å². The van der Waals surface area contributed by atoms with Crippen LogP contribution in [0.15, 0.2) is 40.9 Å². The van der Waals surface area contributed by atoms with Gasteiger partial charge in [-0.15, -0.1) is 0 Å². The van der Waals surface area contributed by atoms with Crippen LogP contribution in [0.4, 0.5) is 0 Å². The Balaban J connectivity index is 1.41. The van der Waals surface area contributed by atoms with Crippen molar-refractivity contribution < 1.29 is 4.74 Å². The molecule has 1 N–H and O–H groups in total. The lowest BCUT2D eigenvalue weighted by Crippen LogP contribution is -2.52. The molecule has 154 valence electrons. The zero-order valence-electron chi connectivity index (χ0n) is 17.8. The fourth-order valence-electron chi connectivity index (χ4n) is 3.84. The van der Waals surface area contributed by atoms with Gasteiger partial charge in [0.15, 0.2) is 5.96 Å². The summed E-state index contributed by atoms with van der Waals surface area (Å²) in [7, 11) is 1.89. The van der Waals surface area contributed by atoms with E-state index in [1.165, 1.54) is 16.7 Å². The molecule has 2 aliphatic rings. The molecule has 0 spiro atoms. The summed E-state index contributed by atoms with van der Waals surface area (Å²) in [4.78, 5) is 9.43. The molecule has 5 heteroatoms. The topological polar surface area (TPSA) is 40.1 Å². The van der Waals surface area contributed by atoms with Crippen molar-refractivity contribution in [2.45, 2.75) is 39.2 Å². The number of rotatable bonds is 6. The normalized spacial score (nSPS) is 19.1. The highest BCUT2D eigenvalue weighted by Crippen LogP contribution is 2.16. The van der Waals surface area contributed by atoms with Gasteiger partial charge < -0.3 is 15.0 Å². The van der Waals surface area contributed by atoms with Gasteiger partial charge >= 0.3 is 0 Å². The lowest BCUT2D eigenvalue weighted by Gasteiger charge is -2.36. The van der Waals surface area contributed by atoms with Gasteiger partial charge in [0, 0.05) is 46.3 Å². The van der Waals surface area contributed by atoms with Gasteiger partial charge in [0.1, 0.15) is 0 Å². The first-order chi connectivity index (χ1) is 13.7. The molecule has 0 bridgehead atoms. The second-order valence-corrected chi connectivity index (χ2v) is 8.07. The highest BCUT2D eigenvalue weighted by atomic mass is 16.5. The monoisotopic (exact) mass is 384 g/mol. The van der Waals surface area contributed by atoms with Crippen molar-refractivity contribution in [3.63, 3.8) is 0 Å². The third kappa shape index (κ3) is 6.08. The lowest BCUT2D eigenvalue weighted by atomic mass is 10.0. The first-order valence-electron chi connectivity index (χ1n) is 10.7. The Hall–Kier alpha value is -1.85. The Bertz CT molecular complexity index is 658. The largest absolute Gasteiger partial charge is 0.377 e. The van der Waals surface area contributed by atoms with Crippen LogP contribution in [-0.2, 0) is 11.3 Å². The summed E-state index contributed by atoms with van der Waals surface area (Å²) in [6.45, 7) is 12.3. The molecule has 1 aromatic rings. The molecule has 1 fully saturated rings. The molecule has 1 saturated heterocycles. The van der Waals surface area contributed by atoms with Gasteiger partial charge in [-0.3, -0.25) is 9.89 Å². The maximum absolute atomic E-state index is 5.38. The molecule has 5 nitrogen and oxygen atoms in total. The number of hydrogen-bond donors (Lipinski definition) is 1. The minimum Gasteiger partial charge on any atom is -0.377 e.